The molecule has 1 saturated heterocycles. The summed E-state index contributed by atoms with van der Waals surface area (Å²) >= 11 is 4.84. The van der Waals surface area contributed by atoms with Crippen LogP contribution in [0.3, 0.4) is 0 Å². The van der Waals surface area contributed by atoms with Crippen LogP contribution in [0.25, 0.3) is 0 Å². The Labute approximate surface area is 122 Å². The smallest absolute Gasteiger partial charge is 0.221 e. The molecule has 1 atom stereocenters. The van der Waals surface area contributed by atoms with Crippen LogP contribution in [0.4, 0.5) is 0 Å². The second-order valence-corrected chi connectivity index (χ2v) is 7.44. The summed E-state index contributed by atoms with van der Waals surface area (Å²) in [5.74, 6) is 0. The molecule has 0 saturated carbocycles. The van der Waals surface area contributed by atoms with E-state index in [1.807, 2.05) is 0 Å². The Hall–Kier alpha value is -0.240. The summed E-state index contributed by atoms with van der Waals surface area (Å²) in [6.07, 6.45) is 3.26. The lowest BCUT2D eigenvalue weighted by Crippen LogP contribution is -2.49. The lowest BCUT2D eigenvalue weighted by Gasteiger charge is -2.32. The summed E-state index contributed by atoms with van der Waals surface area (Å²) in [5.41, 5.74) is 5.50. The van der Waals surface area contributed by atoms with Crippen LogP contribution < -0.4 is 10.5 Å². The molecule has 5 nitrogen and oxygen atoms in total. The van der Waals surface area contributed by atoms with Crippen molar-refractivity contribution < 1.29 is 8.42 Å². The van der Waals surface area contributed by atoms with Crippen LogP contribution in [0.1, 0.15) is 39.5 Å². The van der Waals surface area contributed by atoms with Gasteiger partial charge in [0.2, 0.25) is 10.0 Å². The van der Waals surface area contributed by atoms with Crippen molar-refractivity contribution in [2.45, 2.75) is 50.8 Å². The highest BCUT2D eigenvalue weighted by Gasteiger charge is 2.30. The molecule has 19 heavy (non-hydrogen) atoms. The molecule has 1 heterocycles. The average molecular weight is 307 g/mol. The number of hydrogen-bond donors (Lipinski definition) is 2. The van der Waals surface area contributed by atoms with Gasteiger partial charge in [-0.2, -0.15) is 0 Å². The molecule has 0 aromatic carbocycles. The van der Waals surface area contributed by atoms with Crippen LogP contribution in [0.2, 0.25) is 0 Å². The fourth-order valence-electron chi connectivity index (χ4n) is 2.48. The van der Waals surface area contributed by atoms with E-state index >= 15 is 0 Å². The molecule has 1 aliphatic rings. The minimum absolute atomic E-state index is 0.0153. The SMILES string of the molecule is CCCN1CCC(NS(=O)(=O)C(CC)C(N)=S)CC1. The van der Waals surface area contributed by atoms with E-state index in [9.17, 15) is 8.42 Å². The highest BCUT2D eigenvalue weighted by molar-refractivity contribution is 7.93. The van der Waals surface area contributed by atoms with Crippen molar-refractivity contribution in [1.82, 2.24) is 9.62 Å². The minimum atomic E-state index is -3.44. The minimum Gasteiger partial charge on any atom is -0.392 e. The first-order valence-corrected chi connectivity index (χ1v) is 8.89. The third kappa shape index (κ3) is 4.98. The lowest BCUT2D eigenvalue weighted by atomic mass is 10.1. The van der Waals surface area contributed by atoms with Gasteiger partial charge in [0.15, 0.2) is 0 Å². The highest BCUT2D eigenvalue weighted by Crippen LogP contribution is 2.14. The maximum atomic E-state index is 12.2. The second kappa shape index (κ2) is 7.52. The standard InChI is InChI=1S/C12H25N3O2S2/c1-3-7-15-8-5-10(6-9-15)14-19(16,17)11(4-2)12(13)18/h10-11,14H,3-9H2,1-2H3,(H2,13,18). The van der Waals surface area contributed by atoms with Gasteiger partial charge in [-0.05, 0) is 45.3 Å². The van der Waals surface area contributed by atoms with Crippen molar-refractivity contribution in [3.8, 4) is 0 Å². The van der Waals surface area contributed by atoms with Crippen LogP contribution in [0.15, 0.2) is 0 Å². The molecule has 1 aliphatic heterocycles. The van der Waals surface area contributed by atoms with Gasteiger partial charge in [-0.3, -0.25) is 0 Å². The van der Waals surface area contributed by atoms with Crippen molar-refractivity contribution in [3.05, 3.63) is 0 Å². The molecule has 1 unspecified atom stereocenters. The van der Waals surface area contributed by atoms with Crippen LogP contribution in [0, 0.1) is 0 Å². The molecule has 0 aliphatic carbocycles. The summed E-state index contributed by atoms with van der Waals surface area (Å²) in [5, 5.41) is -0.754. The topological polar surface area (TPSA) is 75.4 Å². The number of piperidine rings is 1. The Morgan fingerprint density at radius 3 is 2.42 bits per heavy atom. The zero-order valence-corrected chi connectivity index (χ0v) is 13.4. The number of likely N-dealkylation sites (tertiary alicyclic amines) is 1. The molecular formula is C12H25N3O2S2. The van der Waals surface area contributed by atoms with E-state index in [-0.39, 0.29) is 11.0 Å². The second-order valence-electron chi connectivity index (χ2n) is 5.08. The van der Waals surface area contributed by atoms with Crippen molar-refractivity contribution in [3.63, 3.8) is 0 Å². The Morgan fingerprint density at radius 2 is 2.00 bits per heavy atom. The number of rotatable bonds is 7. The summed E-state index contributed by atoms with van der Waals surface area (Å²) in [6.45, 7) is 6.93. The summed E-state index contributed by atoms with van der Waals surface area (Å²) < 4.78 is 27.1. The number of sulfonamides is 1. The van der Waals surface area contributed by atoms with E-state index in [4.69, 9.17) is 18.0 Å². The van der Waals surface area contributed by atoms with Gasteiger partial charge in [-0.15, -0.1) is 0 Å². The van der Waals surface area contributed by atoms with Crippen molar-refractivity contribution in [1.29, 1.82) is 0 Å². The van der Waals surface area contributed by atoms with E-state index in [1.165, 1.54) is 0 Å². The van der Waals surface area contributed by atoms with Crippen LogP contribution in [0.5, 0.6) is 0 Å². The predicted molar refractivity (Wildman–Crippen MR) is 82.7 cm³/mol. The van der Waals surface area contributed by atoms with Gasteiger partial charge < -0.3 is 10.6 Å². The first-order valence-electron chi connectivity index (χ1n) is 6.93. The normalized spacial score (nSPS) is 20.3. The molecule has 7 heteroatoms. The van der Waals surface area contributed by atoms with Crippen LogP contribution in [-0.4, -0.2) is 49.2 Å². The molecule has 0 aromatic rings. The van der Waals surface area contributed by atoms with Gasteiger partial charge in [-0.1, -0.05) is 26.1 Å². The van der Waals surface area contributed by atoms with Crippen molar-refractivity contribution in [2.75, 3.05) is 19.6 Å². The van der Waals surface area contributed by atoms with E-state index in [2.05, 4.69) is 16.5 Å². The van der Waals surface area contributed by atoms with E-state index in [1.54, 1.807) is 6.92 Å². The van der Waals surface area contributed by atoms with Crippen LogP contribution >= 0.6 is 12.2 Å². The molecule has 0 radical (unpaired) electrons. The summed E-state index contributed by atoms with van der Waals surface area (Å²) in [7, 11) is -3.44. The molecule has 112 valence electrons. The predicted octanol–water partition coefficient (Wildman–Crippen LogP) is 0.845. The third-order valence-electron chi connectivity index (χ3n) is 3.52. The van der Waals surface area contributed by atoms with Gasteiger partial charge in [0.25, 0.3) is 0 Å². The average Bonchev–Trinajstić information content (AvgIpc) is 2.31. The van der Waals surface area contributed by atoms with Crippen LogP contribution in [-0.2, 0) is 10.0 Å². The van der Waals surface area contributed by atoms with Crippen molar-refractivity contribution in [2.24, 2.45) is 5.73 Å². The Bertz CT molecular complexity index is 390. The number of nitrogens with two attached hydrogens (primary N) is 1. The zero-order chi connectivity index (χ0) is 14.5. The monoisotopic (exact) mass is 307 g/mol. The van der Waals surface area contributed by atoms with E-state index in [0.717, 1.165) is 38.9 Å². The molecule has 0 amide bonds. The largest absolute Gasteiger partial charge is 0.392 e. The number of hydrogen-bond acceptors (Lipinski definition) is 4. The number of nitrogens with zero attached hydrogens (tertiary/aromatic N) is 1. The molecule has 3 N–H and O–H groups in total. The maximum Gasteiger partial charge on any atom is 0.221 e. The van der Waals surface area contributed by atoms with Gasteiger partial charge in [0.1, 0.15) is 5.25 Å². The van der Waals surface area contributed by atoms with Gasteiger partial charge in [-0.25, -0.2) is 13.1 Å². The zero-order valence-electron chi connectivity index (χ0n) is 11.8. The fourth-order valence-corrected chi connectivity index (χ4v) is 4.63. The molecule has 0 spiro atoms. The number of nitrogens with one attached hydrogen (secondary N) is 1. The quantitative estimate of drug-likeness (QED) is 0.682. The first-order chi connectivity index (χ1) is 8.90. The fraction of sp³-hybridized carbons (Fsp3) is 0.917. The maximum absolute atomic E-state index is 12.2. The Kier molecular flexibility index (Phi) is 6.65. The Morgan fingerprint density at radius 1 is 1.42 bits per heavy atom. The number of thiocarbonyl (C=S) groups is 1. The van der Waals surface area contributed by atoms with Gasteiger partial charge in [0, 0.05) is 6.04 Å². The summed E-state index contributed by atoms with van der Waals surface area (Å²) in [4.78, 5) is 2.42. The molecule has 0 aromatic heterocycles. The lowest BCUT2D eigenvalue weighted by molar-refractivity contribution is 0.207. The third-order valence-corrected chi connectivity index (χ3v) is 5.95. The molecule has 0 bridgehead atoms. The Balaban J connectivity index is 2.54. The van der Waals surface area contributed by atoms with Gasteiger partial charge >= 0.3 is 0 Å². The first kappa shape index (κ1) is 16.8. The highest BCUT2D eigenvalue weighted by atomic mass is 32.2. The molecule has 1 fully saturated rings. The molecular weight excluding hydrogens is 282 g/mol. The van der Waals surface area contributed by atoms with E-state index < -0.39 is 15.3 Å². The molecule has 1 rings (SSSR count). The summed E-state index contributed by atoms with van der Waals surface area (Å²) in [6, 6.07) is 0.0153. The van der Waals surface area contributed by atoms with Crippen molar-refractivity contribution >= 4 is 27.2 Å². The van der Waals surface area contributed by atoms with Gasteiger partial charge in [0.05, 0.1) is 4.99 Å². The van der Waals surface area contributed by atoms with E-state index in [0.29, 0.717) is 6.42 Å².